The number of aliphatic hydroxyl groups excluding tert-OH is 2. The summed E-state index contributed by atoms with van der Waals surface area (Å²) in [7, 11) is 0. The second-order valence-electron chi connectivity index (χ2n) is 6.06. The van der Waals surface area contributed by atoms with Gasteiger partial charge in [-0.25, -0.2) is 0 Å². The van der Waals surface area contributed by atoms with E-state index in [2.05, 4.69) is 0 Å². The van der Waals surface area contributed by atoms with Crippen molar-refractivity contribution in [1.29, 1.82) is 0 Å². The summed E-state index contributed by atoms with van der Waals surface area (Å²) in [6.45, 7) is 6.80. The molecule has 0 radical (unpaired) electrons. The highest BCUT2D eigenvalue weighted by Gasteiger charge is 2.43. The van der Waals surface area contributed by atoms with Crippen LogP contribution in [0, 0.1) is 13.8 Å². The Bertz CT molecular complexity index is 787. The maximum Gasteiger partial charge on any atom is 0.195 e. The zero-order chi connectivity index (χ0) is 15.5. The first kappa shape index (κ1) is 14.1. The van der Waals surface area contributed by atoms with Crippen molar-refractivity contribution in [3.8, 4) is 5.75 Å². The van der Waals surface area contributed by atoms with Gasteiger partial charge in [-0.2, -0.15) is 0 Å². The van der Waals surface area contributed by atoms with Gasteiger partial charge < -0.3 is 19.4 Å². The van der Waals surface area contributed by atoms with Crippen LogP contribution in [0.1, 0.15) is 36.8 Å². The third-order valence-electron chi connectivity index (χ3n) is 4.20. The first-order valence-corrected chi connectivity index (χ1v) is 6.86. The fourth-order valence-electron chi connectivity index (χ4n) is 2.71. The van der Waals surface area contributed by atoms with Crippen LogP contribution in [0.5, 0.6) is 5.75 Å². The van der Waals surface area contributed by atoms with Crippen molar-refractivity contribution in [3.63, 3.8) is 0 Å². The fourth-order valence-corrected chi connectivity index (χ4v) is 2.71. The molecule has 2 heterocycles. The zero-order valence-electron chi connectivity index (χ0n) is 12.4. The molecule has 1 aromatic heterocycles. The van der Waals surface area contributed by atoms with Gasteiger partial charge in [-0.05, 0) is 39.8 Å². The van der Waals surface area contributed by atoms with E-state index in [9.17, 15) is 15.0 Å². The molecule has 1 aliphatic heterocycles. The Morgan fingerprint density at radius 1 is 1.19 bits per heavy atom. The van der Waals surface area contributed by atoms with Gasteiger partial charge in [0, 0.05) is 5.56 Å². The van der Waals surface area contributed by atoms with Crippen molar-refractivity contribution < 1.29 is 19.4 Å². The molecular formula is C16H18O5. The summed E-state index contributed by atoms with van der Waals surface area (Å²) in [5.74, 6) is 0.920. The van der Waals surface area contributed by atoms with Crippen LogP contribution in [0.3, 0.4) is 0 Å². The van der Waals surface area contributed by atoms with E-state index in [0.29, 0.717) is 28.0 Å². The minimum absolute atomic E-state index is 0.136. The Kier molecular flexibility index (Phi) is 2.90. The van der Waals surface area contributed by atoms with Crippen LogP contribution < -0.4 is 10.2 Å². The van der Waals surface area contributed by atoms with Crippen LogP contribution in [-0.2, 0) is 0 Å². The third kappa shape index (κ3) is 1.88. The molecule has 2 N–H and O–H groups in total. The van der Waals surface area contributed by atoms with Gasteiger partial charge in [-0.15, -0.1) is 0 Å². The molecule has 3 rings (SSSR count). The smallest absolute Gasteiger partial charge is 0.195 e. The Morgan fingerprint density at radius 3 is 2.52 bits per heavy atom. The molecule has 5 heteroatoms. The van der Waals surface area contributed by atoms with E-state index in [4.69, 9.17) is 9.15 Å². The number of hydrogen-bond donors (Lipinski definition) is 2. The fraction of sp³-hybridized carbons (Fsp3) is 0.438. The van der Waals surface area contributed by atoms with E-state index >= 15 is 0 Å². The molecule has 2 atom stereocenters. The number of fused-ring (bicyclic) bond motifs is 3. The maximum atomic E-state index is 12.3. The monoisotopic (exact) mass is 290 g/mol. The van der Waals surface area contributed by atoms with E-state index < -0.39 is 17.8 Å². The summed E-state index contributed by atoms with van der Waals surface area (Å²) in [6, 6.07) is 3.27. The van der Waals surface area contributed by atoms with Crippen LogP contribution in [0.25, 0.3) is 11.0 Å². The number of ether oxygens (including phenoxy) is 1. The molecule has 5 nitrogen and oxygen atoms in total. The van der Waals surface area contributed by atoms with E-state index in [-0.39, 0.29) is 11.0 Å². The number of aliphatic hydroxyl groups is 2. The Hall–Kier alpha value is -1.85. The summed E-state index contributed by atoms with van der Waals surface area (Å²) in [5, 5.41) is 21.0. The SMILES string of the molecule is Cc1oc2c3c(ccc2c(=O)c1C)OC(C)(C)[C@H](O)[C@@H]3O. The lowest BCUT2D eigenvalue weighted by Gasteiger charge is -2.40. The number of hydrogen-bond acceptors (Lipinski definition) is 5. The van der Waals surface area contributed by atoms with Gasteiger partial charge in [0.15, 0.2) is 5.43 Å². The highest BCUT2D eigenvalue weighted by atomic mass is 16.5. The van der Waals surface area contributed by atoms with Crippen molar-refractivity contribution in [2.75, 3.05) is 0 Å². The molecule has 0 saturated carbocycles. The molecular weight excluding hydrogens is 272 g/mol. The lowest BCUT2D eigenvalue weighted by Crippen LogP contribution is -2.48. The number of aryl methyl sites for hydroxylation is 1. The number of rotatable bonds is 0. The predicted octanol–water partition coefficient (Wildman–Crippen LogP) is 1.98. The summed E-state index contributed by atoms with van der Waals surface area (Å²) in [4.78, 5) is 12.3. The molecule has 0 aliphatic carbocycles. The van der Waals surface area contributed by atoms with Gasteiger partial charge in [-0.1, -0.05) is 0 Å². The molecule has 0 unspecified atom stereocenters. The quantitative estimate of drug-likeness (QED) is 0.775. The normalized spacial score (nSPS) is 23.7. The average Bonchev–Trinajstić information content (AvgIpc) is 2.41. The van der Waals surface area contributed by atoms with E-state index in [1.165, 1.54) is 0 Å². The van der Waals surface area contributed by atoms with E-state index in [1.54, 1.807) is 39.8 Å². The van der Waals surface area contributed by atoms with Gasteiger partial charge in [0.25, 0.3) is 0 Å². The van der Waals surface area contributed by atoms with E-state index in [0.717, 1.165) is 0 Å². The average molecular weight is 290 g/mol. The lowest BCUT2D eigenvalue weighted by molar-refractivity contribution is -0.111. The Morgan fingerprint density at radius 2 is 1.86 bits per heavy atom. The van der Waals surface area contributed by atoms with E-state index in [1.807, 2.05) is 0 Å². The van der Waals surface area contributed by atoms with Gasteiger partial charge in [0.2, 0.25) is 0 Å². The minimum Gasteiger partial charge on any atom is -0.485 e. The summed E-state index contributed by atoms with van der Waals surface area (Å²) in [6.07, 6.45) is -2.28. The topological polar surface area (TPSA) is 79.9 Å². The van der Waals surface area contributed by atoms with Crippen molar-refractivity contribution in [1.82, 2.24) is 0 Å². The first-order chi connectivity index (χ1) is 9.74. The van der Waals surface area contributed by atoms with Crippen LogP contribution in [0.4, 0.5) is 0 Å². The van der Waals surface area contributed by atoms with Gasteiger partial charge in [0.05, 0.1) is 10.9 Å². The molecule has 0 bridgehead atoms. The van der Waals surface area contributed by atoms with Gasteiger partial charge in [0.1, 0.15) is 34.9 Å². The van der Waals surface area contributed by atoms with Crippen LogP contribution >= 0.6 is 0 Å². The van der Waals surface area contributed by atoms with Crippen LogP contribution in [0.15, 0.2) is 21.3 Å². The molecule has 0 spiro atoms. The van der Waals surface area contributed by atoms with Gasteiger partial charge >= 0.3 is 0 Å². The third-order valence-corrected chi connectivity index (χ3v) is 4.20. The van der Waals surface area contributed by atoms with Crippen molar-refractivity contribution in [2.45, 2.75) is 45.5 Å². The van der Waals surface area contributed by atoms with Crippen molar-refractivity contribution >= 4 is 11.0 Å². The van der Waals surface area contributed by atoms with Gasteiger partial charge in [-0.3, -0.25) is 4.79 Å². The molecule has 0 fully saturated rings. The Labute approximate surface area is 121 Å². The molecule has 2 aromatic rings. The second kappa shape index (κ2) is 4.32. The first-order valence-electron chi connectivity index (χ1n) is 6.86. The summed E-state index contributed by atoms with van der Waals surface area (Å²) >= 11 is 0. The molecule has 0 amide bonds. The second-order valence-corrected chi connectivity index (χ2v) is 6.06. The molecule has 1 aliphatic rings. The standard InChI is InChI=1S/C16H18O5/c1-7-8(2)20-14-9(12(7)17)5-6-10-11(14)13(18)15(19)16(3,4)21-10/h5-6,13,15,18-19H,1-4H3/t13-,15-/m1/s1. The lowest BCUT2D eigenvalue weighted by atomic mass is 9.87. The largest absolute Gasteiger partial charge is 0.485 e. The van der Waals surface area contributed by atoms with Crippen LogP contribution in [0.2, 0.25) is 0 Å². The highest BCUT2D eigenvalue weighted by Crippen LogP contribution is 2.43. The highest BCUT2D eigenvalue weighted by molar-refractivity contribution is 5.83. The zero-order valence-corrected chi connectivity index (χ0v) is 12.4. The number of benzene rings is 1. The summed E-state index contributed by atoms with van der Waals surface area (Å²) in [5.41, 5.74) is 0.0972. The Balaban J connectivity index is 2.39. The molecule has 1 aromatic carbocycles. The minimum atomic E-state index is -1.17. The van der Waals surface area contributed by atoms with Crippen LogP contribution in [-0.4, -0.2) is 21.9 Å². The molecule has 21 heavy (non-hydrogen) atoms. The molecule has 0 saturated heterocycles. The summed E-state index contributed by atoms with van der Waals surface area (Å²) < 4.78 is 11.5. The van der Waals surface area contributed by atoms with Crippen molar-refractivity contribution in [3.05, 3.63) is 39.2 Å². The predicted molar refractivity (Wildman–Crippen MR) is 77.6 cm³/mol. The van der Waals surface area contributed by atoms with Crippen molar-refractivity contribution in [2.24, 2.45) is 0 Å². The maximum absolute atomic E-state index is 12.3. The molecule has 112 valence electrons.